The molecule has 7 nitrogen and oxygen atoms in total. The van der Waals surface area contributed by atoms with E-state index in [1.165, 1.54) is 11.3 Å². The quantitative estimate of drug-likeness (QED) is 0.588. The largest absolute Gasteiger partial charge is 0.454 e. The van der Waals surface area contributed by atoms with Crippen LogP contribution in [0.2, 0.25) is 0 Å². The van der Waals surface area contributed by atoms with Crippen molar-refractivity contribution in [1.82, 2.24) is 14.8 Å². The molecule has 4 aromatic rings. The monoisotopic (exact) mass is 378 g/mol. The standard InChI is InChI=1S/C19H14N4O3S/c1-23-14-5-3-2-4-12(14)17(22-23)21-18(24)13-9-27-19(20-13)11-6-7-15-16(8-11)26-10-25-15/h2-9H,10H2,1H3,(H,21,22,24). The highest BCUT2D eigenvalue weighted by molar-refractivity contribution is 7.13. The molecule has 1 N–H and O–H groups in total. The topological polar surface area (TPSA) is 78.3 Å². The molecule has 0 spiro atoms. The van der Waals surface area contributed by atoms with Crippen molar-refractivity contribution < 1.29 is 14.3 Å². The van der Waals surface area contributed by atoms with Gasteiger partial charge in [-0.25, -0.2) is 4.98 Å². The third kappa shape index (κ3) is 2.70. The van der Waals surface area contributed by atoms with Crippen LogP contribution in [0.1, 0.15) is 10.5 Å². The molecular weight excluding hydrogens is 364 g/mol. The summed E-state index contributed by atoms with van der Waals surface area (Å²) in [5, 5.41) is 10.6. The molecule has 0 saturated heterocycles. The van der Waals surface area contributed by atoms with Gasteiger partial charge in [0.2, 0.25) is 6.79 Å². The summed E-state index contributed by atoms with van der Waals surface area (Å²) >= 11 is 1.40. The van der Waals surface area contributed by atoms with Crippen LogP contribution in [0.4, 0.5) is 5.82 Å². The van der Waals surface area contributed by atoms with Gasteiger partial charge in [-0.1, -0.05) is 12.1 Å². The predicted octanol–water partition coefficient (Wildman–Crippen LogP) is 3.68. The van der Waals surface area contributed by atoms with E-state index >= 15 is 0 Å². The lowest BCUT2D eigenvalue weighted by molar-refractivity contribution is 0.102. The maximum absolute atomic E-state index is 12.6. The van der Waals surface area contributed by atoms with Crippen LogP contribution >= 0.6 is 11.3 Å². The lowest BCUT2D eigenvalue weighted by Gasteiger charge is -2.00. The Balaban J connectivity index is 1.41. The normalized spacial score (nSPS) is 12.5. The van der Waals surface area contributed by atoms with Crippen LogP contribution in [-0.2, 0) is 7.05 Å². The summed E-state index contributed by atoms with van der Waals surface area (Å²) in [6.45, 7) is 0.225. The Bertz CT molecular complexity index is 1180. The van der Waals surface area contributed by atoms with Crippen molar-refractivity contribution in [3.05, 3.63) is 53.5 Å². The van der Waals surface area contributed by atoms with Gasteiger partial charge in [-0.2, -0.15) is 5.10 Å². The first-order chi connectivity index (χ1) is 13.2. The summed E-state index contributed by atoms with van der Waals surface area (Å²) in [5.74, 6) is 1.64. The van der Waals surface area contributed by atoms with Crippen molar-refractivity contribution in [2.45, 2.75) is 0 Å². The van der Waals surface area contributed by atoms with E-state index in [0.29, 0.717) is 17.3 Å². The smallest absolute Gasteiger partial charge is 0.276 e. The molecule has 27 heavy (non-hydrogen) atoms. The van der Waals surface area contributed by atoms with E-state index < -0.39 is 0 Å². The molecule has 1 aliphatic heterocycles. The minimum atomic E-state index is -0.290. The average molecular weight is 378 g/mol. The Morgan fingerprint density at radius 3 is 2.96 bits per heavy atom. The summed E-state index contributed by atoms with van der Waals surface area (Å²) in [5.41, 5.74) is 2.18. The summed E-state index contributed by atoms with van der Waals surface area (Å²) < 4.78 is 12.5. The number of ether oxygens (including phenoxy) is 2. The zero-order valence-corrected chi connectivity index (χ0v) is 15.1. The second-order valence-electron chi connectivity index (χ2n) is 6.05. The van der Waals surface area contributed by atoms with Crippen LogP contribution in [0.5, 0.6) is 11.5 Å². The number of para-hydroxylation sites is 1. The van der Waals surface area contributed by atoms with Gasteiger partial charge in [-0.05, 0) is 30.3 Å². The Morgan fingerprint density at radius 1 is 1.19 bits per heavy atom. The number of benzene rings is 2. The lowest BCUT2D eigenvalue weighted by Crippen LogP contribution is -2.13. The third-order valence-corrected chi connectivity index (χ3v) is 5.24. The Hall–Kier alpha value is -3.39. The second-order valence-corrected chi connectivity index (χ2v) is 6.91. The zero-order chi connectivity index (χ0) is 18.4. The summed E-state index contributed by atoms with van der Waals surface area (Å²) in [6, 6.07) is 13.4. The van der Waals surface area contributed by atoms with Crippen LogP contribution in [0.25, 0.3) is 21.5 Å². The number of thiazole rings is 1. The molecule has 2 aromatic carbocycles. The molecule has 1 amide bonds. The molecular formula is C19H14N4O3S. The summed E-state index contributed by atoms with van der Waals surface area (Å²) in [6.07, 6.45) is 0. The van der Waals surface area contributed by atoms with E-state index in [2.05, 4.69) is 15.4 Å². The van der Waals surface area contributed by atoms with E-state index in [4.69, 9.17) is 9.47 Å². The Kier molecular flexibility index (Phi) is 3.58. The number of hydrogen-bond donors (Lipinski definition) is 1. The number of rotatable bonds is 3. The molecule has 0 aliphatic carbocycles. The highest BCUT2D eigenvalue weighted by Crippen LogP contribution is 2.36. The molecule has 0 saturated carbocycles. The molecule has 5 rings (SSSR count). The first-order valence-electron chi connectivity index (χ1n) is 8.28. The minimum Gasteiger partial charge on any atom is -0.454 e. The van der Waals surface area contributed by atoms with Crippen LogP contribution in [-0.4, -0.2) is 27.5 Å². The molecule has 0 bridgehead atoms. The Morgan fingerprint density at radius 2 is 2.04 bits per heavy atom. The molecule has 0 atom stereocenters. The second kappa shape index (κ2) is 6.10. The van der Waals surface area contributed by atoms with Crippen LogP contribution < -0.4 is 14.8 Å². The molecule has 0 unspecified atom stereocenters. The molecule has 134 valence electrons. The van der Waals surface area contributed by atoms with E-state index in [0.717, 1.165) is 27.2 Å². The van der Waals surface area contributed by atoms with Gasteiger partial charge in [0, 0.05) is 23.4 Å². The molecule has 8 heteroatoms. The highest BCUT2D eigenvalue weighted by atomic mass is 32.1. The van der Waals surface area contributed by atoms with Crippen molar-refractivity contribution in [1.29, 1.82) is 0 Å². The average Bonchev–Trinajstić information content (AvgIpc) is 3.41. The van der Waals surface area contributed by atoms with E-state index in [9.17, 15) is 4.79 Å². The molecule has 0 fully saturated rings. The minimum absolute atomic E-state index is 0.225. The number of nitrogens with one attached hydrogen (secondary N) is 1. The van der Waals surface area contributed by atoms with Crippen molar-refractivity contribution in [2.24, 2.45) is 7.05 Å². The van der Waals surface area contributed by atoms with Crippen molar-refractivity contribution in [3.8, 4) is 22.1 Å². The zero-order valence-electron chi connectivity index (χ0n) is 14.3. The van der Waals surface area contributed by atoms with Crippen molar-refractivity contribution in [3.63, 3.8) is 0 Å². The van der Waals surface area contributed by atoms with E-state index in [-0.39, 0.29) is 12.7 Å². The third-order valence-electron chi connectivity index (χ3n) is 4.35. The maximum atomic E-state index is 12.6. The lowest BCUT2D eigenvalue weighted by atomic mass is 10.2. The molecule has 2 aromatic heterocycles. The SMILES string of the molecule is Cn1nc(NC(=O)c2csc(-c3ccc4c(c3)OCO4)n2)c2ccccc21. The molecule has 0 radical (unpaired) electrons. The summed E-state index contributed by atoms with van der Waals surface area (Å²) in [7, 11) is 1.85. The van der Waals surface area contributed by atoms with Gasteiger partial charge in [-0.15, -0.1) is 11.3 Å². The Labute approximate surface area is 158 Å². The van der Waals surface area contributed by atoms with Crippen LogP contribution in [0, 0.1) is 0 Å². The fourth-order valence-electron chi connectivity index (χ4n) is 3.02. The highest BCUT2D eigenvalue weighted by Gasteiger charge is 2.18. The van der Waals surface area contributed by atoms with Gasteiger partial charge < -0.3 is 14.8 Å². The number of anilines is 1. The number of hydrogen-bond acceptors (Lipinski definition) is 6. The van der Waals surface area contributed by atoms with Gasteiger partial charge in [0.15, 0.2) is 17.3 Å². The molecule has 3 heterocycles. The van der Waals surface area contributed by atoms with Gasteiger partial charge >= 0.3 is 0 Å². The number of carbonyl (C=O) groups excluding carboxylic acids is 1. The predicted molar refractivity (Wildman–Crippen MR) is 102 cm³/mol. The fraction of sp³-hybridized carbons (Fsp3) is 0.105. The number of aryl methyl sites for hydroxylation is 1. The number of aromatic nitrogens is 3. The first-order valence-corrected chi connectivity index (χ1v) is 9.15. The number of amides is 1. The maximum Gasteiger partial charge on any atom is 0.276 e. The number of nitrogens with zero attached hydrogens (tertiary/aromatic N) is 3. The van der Waals surface area contributed by atoms with E-state index in [1.54, 1.807) is 10.1 Å². The van der Waals surface area contributed by atoms with Crippen molar-refractivity contribution in [2.75, 3.05) is 12.1 Å². The van der Waals surface area contributed by atoms with Gasteiger partial charge in [-0.3, -0.25) is 9.48 Å². The van der Waals surface area contributed by atoms with Crippen LogP contribution in [0.15, 0.2) is 47.8 Å². The number of carbonyl (C=O) groups is 1. The van der Waals surface area contributed by atoms with E-state index in [1.807, 2.05) is 49.5 Å². The summed E-state index contributed by atoms with van der Waals surface area (Å²) in [4.78, 5) is 17.1. The number of fused-ring (bicyclic) bond motifs is 2. The van der Waals surface area contributed by atoms with Gasteiger partial charge in [0.1, 0.15) is 10.7 Å². The molecule has 1 aliphatic rings. The fourth-order valence-corrected chi connectivity index (χ4v) is 3.82. The van der Waals surface area contributed by atoms with Crippen LogP contribution in [0.3, 0.4) is 0 Å². The van der Waals surface area contributed by atoms with Gasteiger partial charge in [0.05, 0.1) is 5.52 Å². The van der Waals surface area contributed by atoms with Gasteiger partial charge in [0.25, 0.3) is 5.91 Å². The first kappa shape index (κ1) is 15.8. The van der Waals surface area contributed by atoms with Crippen molar-refractivity contribution >= 4 is 34.0 Å².